The number of alkyl halides is 3. The van der Waals surface area contributed by atoms with E-state index in [1.807, 2.05) is 4.90 Å². The number of halogens is 3. The van der Waals surface area contributed by atoms with Crippen molar-refractivity contribution in [2.75, 3.05) is 69.7 Å². The van der Waals surface area contributed by atoms with Gasteiger partial charge in [0.05, 0.1) is 24.6 Å². The van der Waals surface area contributed by atoms with Crippen LogP contribution in [-0.4, -0.2) is 113 Å². The summed E-state index contributed by atoms with van der Waals surface area (Å²) >= 11 is 0. The Kier molecular flexibility index (Phi) is 11.0. The summed E-state index contributed by atoms with van der Waals surface area (Å²) in [6.45, 7) is 7.57. The predicted molar refractivity (Wildman–Crippen MR) is 197 cm³/mol. The summed E-state index contributed by atoms with van der Waals surface area (Å²) in [6.07, 6.45) is -3.87. The molecule has 3 aliphatic rings. The molecular weight excluding hydrogens is 719 g/mol. The van der Waals surface area contributed by atoms with Crippen molar-refractivity contribution in [3.05, 3.63) is 77.6 Å². The molecule has 0 saturated carbocycles. The zero-order valence-corrected chi connectivity index (χ0v) is 30.4. The van der Waals surface area contributed by atoms with Gasteiger partial charge in [-0.05, 0) is 67.0 Å². The van der Waals surface area contributed by atoms with Gasteiger partial charge in [-0.3, -0.25) is 14.5 Å². The molecule has 1 amide bonds. The van der Waals surface area contributed by atoms with Gasteiger partial charge in [-0.2, -0.15) is 28.2 Å². The molecular formula is C38H44F3N9O5. The zero-order valence-electron chi connectivity index (χ0n) is 30.4. The minimum Gasteiger partial charge on any atom is -0.480 e. The molecule has 2 aromatic heterocycles. The Hall–Kier alpha value is -5.26. The third-order valence-corrected chi connectivity index (χ3v) is 10.6. The number of nitrogen functional groups attached to an aromatic ring is 1. The monoisotopic (exact) mass is 763 g/mol. The van der Waals surface area contributed by atoms with E-state index < -0.39 is 24.3 Å². The van der Waals surface area contributed by atoms with Gasteiger partial charge in [-0.25, -0.2) is 4.68 Å². The van der Waals surface area contributed by atoms with Crippen LogP contribution in [-0.2, 0) is 9.53 Å². The number of aliphatic carboxylic acids is 1. The van der Waals surface area contributed by atoms with Crippen molar-refractivity contribution in [2.45, 2.75) is 44.5 Å². The number of nitrogens with zero attached hydrogens (tertiary/aromatic N) is 6. The number of nitrogens with one attached hydrogen (secondary N) is 2. The zero-order chi connectivity index (χ0) is 38.7. The molecule has 0 bridgehead atoms. The lowest BCUT2D eigenvalue weighted by Gasteiger charge is -2.39. The first-order valence-corrected chi connectivity index (χ1v) is 18.3. The third kappa shape index (κ3) is 8.84. The molecule has 0 radical (unpaired) electrons. The molecule has 2 unspecified atom stereocenters. The fourth-order valence-electron chi connectivity index (χ4n) is 7.52. The smallest absolute Gasteiger partial charge is 0.429 e. The number of amides is 1. The average Bonchev–Trinajstić information content (AvgIpc) is 3.80. The summed E-state index contributed by atoms with van der Waals surface area (Å²) in [5.41, 5.74) is 8.16. The Morgan fingerprint density at radius 2 is 1.78 bits per heavy atom. The highest BCUT2D eigenvalue weighted by atomic mass is 19.4. The van der Waals surface area contributed by atoms with E-state index in [0.29, 0.717) is 86.9 Å². The number of carbonyl (C=O) groups excluding carboxylic acids is 1. The summed E-state index contributed by atoms with van der Waals surface area (Å²) in [5.74, 6) is -1.36. The molecule has 2 atom stereocenters. The summed E-state index contributed by atoms with van der Waals surface area (Å²) < 4.78 is 57.5. The van der Waals surface area contributed by atoms with Crippen molar-refractivity contribution in [3.8, 4) is 22.7 Å². The lowest BCUT2D eigenvalue weighted by molar-refractivity contribution is -0.198. The number of hydrogen-bond donors (Lipinski definition) is 4. The fraction of sp³-hybridized carbons (Fsp3) is 0.447. The fourth-order valence-corrected chi connectivity index (χ4v) is 7.52. The maximum absolute atomic E-state index is 15.0. The minimum absolute atomic E-state index is 0.145. The van der Waals surface area contributed by atoms with Crippen LogP contribution in [0.2, 0.25) is 0 Å². The third-order valence-electron chi connectivity index (χ3n) is 10.6. The van der Waals surface area contributed by atoms with Crippen molar-refractivity contribution in [3.63, 3.8) is 0 Å². The largest absolute Gasteiger partial charge is 0.480 e. The Morgan fingerprint density at radius 1 is 1.05 bits per heavy atom. The van der Waals surface area contributed by atoms with Gasteiger partial charge in [0.15, 0.2) is 0 Å². The molecule has 1 spiro atoms. The van der Waals surface area contributed by atoms with Gasteiger partial charge >= 0.3 is 12.1 Å². The number of carboxylic acids is 1. The number of benzene rings is 2. The Labute approximate surface area is 315 Å². The Morgan fingerprint density at radius 3 is 2.44 bits per heavy atom. The van der Waals surface area contributed by atoms with E-state index in [1.165, 1.54) is 16.8 Å². The number of carboxylic acid groups (broad SMARTS) is 1. The molecule has 4 aromatic rings. The number of nitrogens with two attached hydrogens (primary N) is 1. The second-order valence-corrected chi connectivity index (χ2v) is 14.4. The number of hydrogen-bond acceptors (Lipinski definition) is 11. The highest BCUT2D eigenvalue weighted by Crippen LogP contribution is 2.43. The summed E-state index contributed by atoms with van der Waals surface area (Å²) in [7, 11) is 0. The first-order valence-electron chi connectivity index (χ1n) is 18.3. The van der Waals surface area contributed by atoms with Crippen LogP contribution in [0, 0.1) is 12.3 Å². The number of rotatable bonds is 11. The topological polar surface area (TPSA) is 173 Å². The molecule has 0 aliphatic carbocycles. The number of morpholine rings is 1. The van der Waals surface area contributed by atoms with Crippen LogP contribution in [0.5, 0.6) is 5.88 Å². The normalized spacial score (nSPS) is 19.3. The predicted octanol–water partition coefficient (Wildman–Crippen LogP) is 4.00. The molecule has 3 saturated heterocycles. The van der Waals surface area contributed by atoms with Crippen LogP contribution in [0.25, 0.3) is 16.8 Å². The number of piperidine rings is 1. The summed E-state index contributed by atoms with van der Waals surface area (Å²) in [4.78, 5) is 36.8. The van der Waals surface area contributed by atoms with Crippen molar-refractivity contribution >= 4 is 23.6 Å². The second-order valence-electron chi connectivity index (χ2n) is 14.4. The first-order chi connectivity index (χ1) is 26.4. The standard InChI is InChI=1S/C38H44F3N9O5/c1-24-8-12-50(47-24)30-20-27(25-2-4-26(5-3-25)34(51)43-11-15-48-16-18-54-19-17-48)6-7-28(30)33(38(39,40)41)55-32-21-31(45-36(42)46-32)49-13-9-37(10-14-49)22-29(35(52)53)44-23-37/h2-8,12,20-21,29,33,44H,9-11,13-19,22-23H2,1H3,(H,43,51)(H,52,53)(H2,42,45,46). The summed E-state index contributed by atoms with van der Waals surface area (Å²) in [6, 6.07) is 13.9. The van der Waals surface area contributed by atoms with Gasteiger partial charge in [-0.15, -0.1) is 0 Å². The molecule has 7 rings (SSSR count). The number of aromatic nitrogens is 4. The van der Waals surface area contributed by atoms with Gasteiger partial charge in [0.2, 0.25) is 17.9 Å². The lowest BCUT2D eigenvalue weighted by atomic mass is 9.76. The number of anilines is 2. The maximum Gasteiger partial charge on any atom is 0.429 e. The van der Waals surface area contributed by atoms with Gasteiger partial charge in [0.1, 0.15) is 11.9 Å². The van der Waals surface area contributed by atoms with Crippen LogP contribution >= 0.6 is 0 Å². The molecule has 3 aliphatic heterocycles. The Bertz CT molecular complexity index is 1990. The van der Waals surface area contributed by atoms with E-state index in [9.17, 15) is 14.7 Å². The van der Waals surface area contributed by atoms with Crippen molar-refractivity contribution in [1.29, 1.82) is 0 Å². The van der Waals surface area contributed by atoms with Crippen LogP contribution in [0.15, 0.2) is 60.8 Å². The van der Waals surface area contributed by atoms with E-state index >= 15 is 13.2 Å². The minimum atomic E-state index is -4.87. The number of ether oxygens (including phenoxy) is 2. The molecule has 292 valence electrons. The number of carbonyl (C=O) groups is 2. The molecule has 3 fully saturated rings. The highest BCUT2D eigenvalue weighted by Gasteiger charge is 2.46. The molecule has 55 heavy (non-hydrogen) atoms. The Balaban J connectivity index is 1.10. The SMILES string of the molecule is Cc1ccn(-c2cc(-c3ccc(C(=O)NCCN4CCOCC4)cc3)ccc2C(Oc2cc(N3CCC4(CC3)CNC(C(=O)O)C4)nc(N)n2)C(F)(F)F)n1. The van der Waals surface area contributed by atoms with E-state index in [2.05, 4.69) is 30.6 Å². The van der Waals surface area contributed by atoms with E-state index in [0.717, 1.165) is 19.6 Å². The van der Waals surface area contributed by atoms with Crippen LogP contribution in [0.1, 0.15) is 47.0 Å². The van der Waals surface area contributed by atoms with E-state index in [1.54, 1.807) is 55.6 Å². The van der Waals surface area contributed by atoms with Crippen LogP contribution in [0.3, 0.4) is 0 Å². The quantitative estimate of drug-likeness (QED) is 0.173. The van der Waals surface area contributed by atoms with Gasteiger partial charge in [0.25, 0.3) is 5.91 Å². The van der Waals surface area contributed by atoms with Crippen LogP contribution in [0.4, 0.5) is 24.9 Å². The first kappa shape index (κ1) is 38.0. The van der Waals surface area contributed by atoms with E-state index in [-0.39, 0.29) is 34.4 Å². The highest BCUT2D eigenvalue weighted by molar-refractivity contribution is 5.94. The molecule has 2 aromatic carbocycles. The molecule has 5 N–H and O–H groups in total. The van der Waals surface area contributed by atoms with Crippen molar-refractivity contribution in [1.82, 2.24) is 35.3 Å². The van der Waals surface area contributed by atoms with Gasteiger partial charge in [-0.1, -0.05) is 24.3 Å². The van der Waals surface area contributed by atoms with Gasteiger partial charge in [0, 0.05) is 69.2 Å². The molecule has 5 heterocycles. The van der Waals surface area contributed by atoms with Crippen LogP contribution < -0.4 is 26.0 Å². The summed E-state index contributed by atoms with van der Waals surface area (Å²) in [5, 5.41) is 19.9. The second kappa shape index (κ2) is 15.8. The lowest BCUT2D eigenvalue weighted by Crippen LogP contribution is -2.41. The average molecular weight is 764 g/mol. The molecule has 17 heteroatoms. The molecule has 14 nitrogen and oxygen atoms in total. The van der Waals surface area contributed by atoms with Crippen molar-refractivity contribution in [2.24, 2.45) is 5.41 Å². The number of aryl methyl sites for hydroxylation is 1. The van der Waals surface area contributed by atoms with Crippen molar-refractivity contribution < 1.29 is 37.3 Å². The maximum atomic E-state index is 15.0. The van der Waals surface area contributed by atoms with E-state index in [4.69, 9.17) is 15.2 Å². The van der Waals surface area contributed by atoms with Gasteiger partial charge < -0.3 is 35.8 Å².